The molecule has 0 saturated heterocycles. The molecule has 3 N–H and O–H groups in total. The van der Waals surface area contributed by atoms with Gasteiger partial charge in [0.25, 0.3) is 0 Å². The lowest BCUT2D eigenvalue weighted by molar-refractivity contribution is -0.126. The van der Waals surface area contributed by atoms with Gasteiger partial charge in [-0.05, 0) is 5.92 Å². The van der Waals surface area contributed by atoms with Gasteiger partial charge in [0, 0.05) is 5.92 Å². The molecule has 0 aromatic heterocycles. The van der Waals surface area contributed by atoms with E-state index < -0.39 is 0 Å². The van der Waals surface area contributed by atoms with Crippen molar-refractivity contribution in [2.45, 2.75) is 33.6 Å². The van der Waals surface area contributed by atoms with Gasteiger partial charge in [-0.15, -0.1) is 0 Å². The topological polar surface area (TPSA) is 55.1 Å². The molecule has 3 nitrogen and oxygen atoms in total. The molecular weight excluding hydrogens is 140 g/mol. The average molecular weight is 158 g/mol. The number of carbonyl (C=O) groups is 1. The van der Waals surface area contributed by atoms with Gasteiger partial charge >= 0.3 is 0 Å². The lowest BCUT2D eigenvalue weighted by Crippen LogP contribution is -2.37. The minimum absolute atomic E-state index is 0.0370. The maximum atomic E-state index is 11.0. The van der Waals surface area contributed by atoms with Crippen LogP contribution in [0.2, 0.25) is 0 Å². The van der Waals surface area contributed by atoms with Crippen LogP contribution in [0, 0.1) is 11.8 Å². The normalized spacial score (nSPS) is 13.2. The molecule has 0 saturated carbocycles. The number of hydrogen-bond donors (Lipinski definition) is 2. The van der Waals surface area contributed by atoms with Crippen LogP contribution in [0.1, 0.15) is 33.6 Å². The third kappa shape index (κ3) is 2.89. The zero-order chi connectivity index (χ0) is 8.85. The van der Waals surface area contributed by atoms with Gasteiger partial charge in [-0.2, -0.15) is 0 Å². The first-order valence-electron chi connectivity index (χ1n) is 4.17. The fraction of sp³-hybridized carbons (Fsp3) is 0.875. The molecule has 0 aromatic carbocycles. The molecule has 66 valence electrons. The standard InChI is InChI=1S/C8H18N2O/c1-4-7(5-2)6(3)8(11)10-9/h6-7H,4-5,9H2,1-3H3,(H,10,11). The van der Waals surface area contributed by atoms with E-state index >= 15 is 0 Å². The summed E-state index contributed by atoms with van der Waals surface area (Å²) in [6.07, 6.45) is 2.07. The van der Waals surface area contributed by atoms with Crippen molar-refractivity contribution in [3.8, 4) is 0 Å². The molecule has 3 heteroatoms. The average Bonchev–Trinajstić information content (AvgIpc) is 2.05. The Morgan fingerprint density at radius 3 is 2.18 bits per heavy atom. The van der Waals surface area contributed by atoms with E-state index in [1.165, 1.54) is 0 Å². The summed E-state index contributed by atoms with van der Waals surface area (Å²) < 4.78 is 0. The Morgan fingerprint density at radius 2 is 1.91 bits per heavy atom. The Hall–Kier alpha value is -0.570. The number of amides is 1. The molecule has 1 amide bonds. The predicted octanol–water partition coefficient (Wildman–Crippen LogP) is 1.05. The first-order valence-corrected chi connectivity index (χ1v) is 4.17. The smallest absolute Gasteiger partial charge is 0.236 e. The molecule has 1 atom stereocenters. The number of nitrogens with two attached hydrogens (primary N) is 1. The third-order valence-electron chi connectivity index (χ3n) is 2.31. The lowest BCUT2D eigenvalue weighted by Gasteiger charge is -2.18. The second-order valence-corrected chi connectivity index (χ2v) is 2.87. The summed E-state index contributed by atoms with van der Waals surface area (Å²) in [6, 6.07) is 0. The van der Waals surface area contributed by atoms with Crippen LogP contribution < -0.4 is 11.3 Å². The van der Waals surface area contributed by atoms with E-state index in [4.69, 9.17) is 5.84 Å². The molecule has 0 aliphatic rings. The zero-order valence-corrected chi connectivity index (χ0v) is 7.55. The number of rotatable bonds is 4. The monoisotopic (exact) mass is 158 g/mol. The number of hydrogen-bond acceptors (Lipinski definition) is 2. The molecule has 0 bridgehead atoms. The molecule has 0 aromatic rings. The summed E-state index contributed by atoms with van der Waals surface area (Å²) in [5, 5.41) is 0. The van der Waals surface area contributed by atoms with Gasteiger partial charge in [0.15, 0.2) is 0 Å². The molecular formula is C8H18N2O. The summed E-state index contributed by atoms with van der Waals surface area (Å²) in [5.41, 5.74) is 2.17. The van der Waals surface area contributed by atoms with Crippen molar-refractivity contribution < 1.29 is 4.79 Å². The predicted molar refractivity (Wildman–Crippen MR) is 45.6 cm³/mol. The van der Waals surface area contributed by atoms with Crippen LogP contribution in [0.25, 0.3) is 0 Å². The Balaban J connectivity index is 3.97. The van der Waals surface area contributed by atoms with Crippen molar-refractivity contribution in [1.29, 1.82) is 0 Å². The van der Waals surface area contributed by atoms with Crippen LogP contribution >= 0.6 is 0 Å². The van der Waals surface area contributed by atoms with E-state index in [0.29, 0.717) is 5.92 Å². The van der Waals surface area contributed by atoms with E-state index in [0.717, 1.165) is 12.8 Å². The minimum atomic E-state index is -0.0568. The van der Waals surface area contributed by atoms with Crippen LogP contribution in [0.5, 0.6) is 0 Å². The fourth-order valence-corrected chi connectivity index (χ4v) is 1.34. The highest BCUT2D eigenvalue weighted by Gasteiger charge is 2.19. The highest BCUT2D eigenvalue weighted by Crippen LogP contribution is 2.18. The maximum Gasteiger partial charge on any atom is 0.236 e. The largest absolute Gasteiger partial charge is 0.294 e. The second kappa shape index (κ2) is 5.13. The third-order valence-corrected chi connectivity index (χ3v) is 2.31. The molecule has 0 radical (unpaired) electrons. The van der Waals surface area contributed by atoms with Gasteiger partial charge in [-0.1, -0.05) is 33.6 Å². The molecule has 0 spiro atoms. The van der Waals surface area contributed by atoms with Crippen LogP contribution in [-0.2, 0) is 4.79 Å². The molecule has 0 fully saturated rings. The van der Waals surface area contributed by atoms with E-state index in [1.54, 1.807) is 0 Å². The molecule has 0 heterocycles. The van der Waals surface area contributed by atoms with E-state index in [9.17, 15) is 4.79 Å². The first-order chi connectivity index (χ1) is 5.17. The van der Waals surface area contributed by atoms with Crippen molar-refractivity contribution in [1.82, 2.24) is 5.43 Å². The van der Waals surface area contributed by atoms with Crippen LogP contribution in [0.4, 0.5) is 0 Å². The van der Waals surface area contributed by atoms with Crippen LogP contribution in [0.3, 0.4) is 0 Å². The van der Waals surface area contributed by atoms with Gasteiger partial charge in [-0.3, -0.25) is 10.2 Å². The highest BCUT2D eigenvalue weighted by atomic mass is 16.2. The molecule has 11 heavy (non-hydrogen) atoms. The fourth-order valence-electron chi connectivity index (χ4n) is 1.34. The van der Waals surface area contributed by atoms with Gasteiger partial charge in [0.1, 0.15) is 0 Å². The van der Waals surface area contributed by atoms with Crippen molar-refractivity contribution in [2.75, 3.05) is 0 Å². The summed E-state index contributed by atoms with van der Waals surface area (Å²) in [7, 11) is 0. The quantitative estimate of drug-likeness (QED) is 0.365. The van der Waals surface area contributed by atoms with Crippen LogP contribution in [0.15, 0.2) is 0 Å². The Morgan fingerprint density at radius 1 is 1.45 bits per heavy atom. The first kappa shape index (κ1) is 10.4. The summed E-state index contributed by atoms with van der Waals surface area (Å²) >= 11 is 0. The van der Waals surface area contributed by atoms with Crippen molar-refractivity contribution in [2.24, 2.45) is 17.7 Å². The Bertz CT molecular complexity index is 121. The second-order valence-electron chi connectivity index (χ2n) is 2.87. The van der Waals surface area contributed by atoms with Crippen LogP contribution in [-0.4, -0.2) is 5.91 Å². The van der Waals surface area contributed by atoms with Crippen molar-refractivity contribution in [3.63, 3.8) is 0 Å². The van der Waals surface area contributed by atoms with E-state index in [2.05, 4.69) is 19.3 Å². The van der Waals surface area contributed by atoms with E-state index in [1.807, 2.05) is 6.92 Å². The van der Waals surface area contributed by atoms with Gasteiger partial charge in [0.05, 0.1) is 0 Å². The summed E-state index contributed by atoms with van der Waals surface area (Å²) in [4.78, 5) is 11.0. The van der Waals surface area contributed by atoms with Crippen molar-refractivity contribution in [3.05, 3.63) is 0 Å². The molecule has 0 aliphatic heterocycles. The Labute approximate surface area is 68.3 Å². The van der Waals surface area contributed by atoms with Gasteiger partial charge < -0.3 is 0 Å². The molecule has 1 unspecified atom stereocenters. The maximum absolute atomic E-state index is 11.0. The number of hydrazine groups is 1. The highest BCUT2D eigenvalue weighted by molar-refractivity contribution is 5.77. The van der Waals surface area contributed by atoms with E-state index in [-0.39, 0.29) is 11.8 Å². The summed E-state index contributed by atoms with van der Waals surface area (Å²) in [6.45, 7) is 6.10. The van der Waals surface area contributed by atoms with Gasteiger partial charge in [0.2, 0.25) is 5.91 Å². The Kier molecular flexibility index (Phi) is 4.86. The molecule has 0 rings (SSSR count). The lowest BCUT2D eigenvalue weighted by atomic mass is 9.89. The number of nitrogens with one attached hydrogen (secondary N) is 1. The zero-order valence-electron chi connectivity index (χ0n) is 7.55. The SMILES string of the molecule is CCC(CC)C(C)C(=O)NN. The molecule has 0 aliphatic carbocycles. The number of carbonyl (C=O) groups excluding carboxylic acids is 1. The minimum Gasteiger partial charge on any atom is -0.294 e. The van der Waals surface area contributed by atoms with Gasteiger partial charge in [-0.25, -0.2) is 5.84 Å². The summed E-state index contributed by atoms with van der Waals surface area (Å²) in [5.74, 6) is 5.46. The van der Waals surface area contributed by atoms with Crippen molar-refractivity contribution >= 4 is 5.91 Å².